The molecule has 1 aromatic heterocycles. The maximum atomic E-state index is 11.6. The molecule has 2 N–H and O–H groups in total. The fraction of sp³-hybridized carbons (Fsp3) is 0. The van der Waals surface area contributed by atoms with Gasteiger partial charge in [-0.3, -0.25) is 5.32 Å². The topological polar surface area (TPSA) is 54.0 Å². The summed E-state index contributed by atoms with van der Waals surface area (Å²) in [5, 5.41) is 6.54. The van der Waals surface area contributed by atoms with E-state index >= 15 is 0 Å². The second kappa shape index (κ2) is 5.88. The minimum atomic E-state index is -0.393. The van der Waals surface area contributed by atoms with E-state index < -0.39 is 6.03 Å². The number of aromatic nitrogens is 1. The van der Waals surface area contributed by atoms with E-state index in [1.54, 1.807) is 24.4 Å². The van der Waals surface area contributed by atoms with Crippen molar-refractivity contribution in [2.45, 2.75) is 0 Å². The van der Waals surface area contributed by atoms with Gasteiger partial charge in [-0.25, -0.2) is 9.78 Å². The van der Waals surface area contributed by atoms with Gasteiger partial charge in [0.1, 0.15) is 0 Å². The Morgan fingerprint density at radius 1 is 1.28 bits per heavy atom. The van der Waals surface area contributed by atoms with Gasteiger partial charge in [0.25, 0.3) is 0 Å². The van der Waals surface area contributed by atoms with Gasteiger partial charge in [-0.2, -0.15) is 0 Å². The van der Waals surface area contributed by atoms with Crippen LogP contribution in [-0.4, -0.2) is 11.0 Å². The van der Waals surface area contributed by atoms with Crippen molar-refractivity contribution < 1.29 is 4.79 Å². The molecule has 2 aromatic rings. The van der Waals surface area contributed by atoms with Crippen molar-refractivity contribution in [1.29, 1.82) is 0 Å². The van der Waals surface area contributed by atoms with Crippen molar-refractivity contribution in [2.75, 3.05) is 10.6 Å². The molecule has 1 heterocycles. The molecule has 0 saturated carbocycles. The standard InChI is InChI=1S/C10H6BrCl2N3OS/c11-8-4-14-10(18-8)16-9(17)15-5-1-2-6(12)7(13)3-5/h1-4H,(H2,14,15,16,17). The van der Waals surface area contributed by atoms with Crippen LogP contribution in [0.3, 0.4) is 0 Å². The van der Waals surface area contributed by atoms with E-state index in [0.29, 0.717) is 20.9 Å². The number of halogens is 3. The van der Waals surface area contributed by atoms with E-state index in [2.05, 4.69) is 31.5 Å². The van der Waals surface area contributed by atoms with Crippen LogP contribution < -0.4 is 10.6 Å². The number of carbonyl (C=O) groups excluding carboxylic acids is 1. The molecule has 2 amide bonds. The summed E-state index contributed by atoms with van der Waals surface area (Å²) in [5.74, 6) is 0. The van der Waals surface area contributed by atoms with Gasteiger partial charge >= 0.3 is 6.03 Å². The lowest BCUT2D eigenvalue weighted by Crippen LogP contribution is -2.19. The Labute approximate surface area is 125 Å². The van der Waals surface area contributed by atoms with Crippen LogP contribution in [0.15, 0.2) is 28.2 Å². The molecule has 18 heavy (non-hydrogen) atoms. The number of carbonyl (C=O) groups is 1. The number of amides is 2. The Kier molecular flexibility index (Phi) is 4.45. The molecule has 0 unspecified atom stereocenters. The number of nitrogens with zero attached hydrogens (tertiary/aromatic N) is 1. The highest BCUT2D eigenvalue weighted by Gasteiger charge is 2.07. The Morgan fingerprint density at radius 3 is 2.67 bits per heavy atom. The Morgan fingerprint density at radius 2 is 2.06 bits per heavy atom. The first kappa shape index (κ1) is 13.6. The summed E-state index contributed by atoms with van der Waals surface area (Å²) >= 11 is 16.2. The molecule has 0 fully saturated rings. The second-order valence-electron chi connectivity index (χ2n) is 3.18. The Bertz CT molecular complexity index is 590. The molecular formula is C10H6BrCl2N3OS. The molecular weight excluding hydrogens is 361 g/mol. The van der Waals surface area contributed by atoms with E-state index in [-0.39, 0.29) is 0 Å². The van der Waals surface area contributed by atoms with Crippen LogP contribution >= 0.6 is 50.5 Å². The smallest absolute Gasteiger partial charge is 0.308 e. The van der Waals surface area contributed by atoms with Gasteiger partial charge < -0.3 is 5.32 Å². The van der Waals surface area contributed by atoms with Crippen LogP contribution in [0.5, 0.6) is 0 Å². The monoisotopic (exact) mass is 365 g/mol. The SMILES string of the molecule is O=C(Nc1ccc(Cl)c(Cl)c1)Nc1ncc(Br)s1. The maximum Gasteiger partial charge on any atom is 0.325 e. The number of thiazole rings is 1. The predicted octanol–water partition coefficient (Wildman–Crippen LogP) is 4.86. The van der Waals surface area contributed by atoms with Crippen molar-refractivity contribution in [1.82, 2.24) is 4.98 Å². The highest BCUT2D eigenvalue weighted by Crippen LogP contribution is 2.26. The minimum Gasteiger partial charge on any atom is -0.308 e. The largest absolute Gasteiger partial charge is 0.325 e. The third-order valence-corrected chi connectivity index (χ3v) is 4.01. The molecule has 94 valence electrons. The summed E-state index contributed by atoms with van der Waals surface area (Å²) in [7, 11) is 0. The fourth-order valence-electron chi connectivity index (χ4n) is 1.15. The van der Waals surface area contributed by atoms with Crippen LogP contribution in [0.4, 0.5) is 15.6 Å². The molecule has 4 nitrogen and oxygen atoms in total. The molecule has 0 radical (unpaired) electrons. The van der Waals surface area contributed by atoms with Crippen molar-refractivity contribution in [3.63, 3.8) is 0 Å². The highest BCUT2D eigenvalue weighted by atomic mass is 79.9. The van der Waals surface area contributed by atoms with E-state index in [1.807, 2.05) is 0 Å². The van der Waals surface area contributed by atoms with Crippen molar-refractivity contribution >= 4 is 67.3 Å². The normalized spacial score (nSPS) is 10.2. The zero-order valence-corrected chi connectivity index (χ0v) is 12.6. The average molecular weight is 367 g/mol. The molecule has 1 aromatic carbocycles. The summed E-state index contributed by atoms with van der Waals surface area (Å²) in [5.41, 5.74) is 0.553. The number of rotatable bonds is 2. The molecule has 0 aliphatic carbocycles. The number of hydrogen-bond donors (Lipinski definition) is 2. The number of benzene rings is 1. The molecule has 2 rings (SSSR count). The van der Waals surface area contributed by atoms with Gasteiger partial charge in [0.05, 0.1) is 20.0 Å². The van der Waals surface area contributed by atoms with E-state index in [0.717, 1.165) is 3.79 Å². The van der Waals surface area contributed by atoms with E-state index in [9.17, 15) is 4.79 Å². The van der Waals surface area contributed by atoms with E-state index in [1.165, 1.54) is 11.3 Å². The minimum absolute atomic E-state index is 0.381. The lowest BCUT2D eigenvalue weighted by Gasteiger charge is -2.06. The fourth-order valence-corrected chi connectivity index (χ4v) is 2.55. The molecule has 0 atom stereocenters. The third-order valence-electron chi connectivity index (χ3n) is 1.88. The van der Waals surface area contributed by atoms with Gasteiger partial charge in [-0.1, -0.05) is 34.5 Å². The average Bonchev–Trinajstić information content (AvgIpc) is 2.69. The van der Waals surface area contributed by atoms with Gasteiger partial charge in [0.15, 0.2) is 5.13 Å². The van der Waals surface area contributed by atoms with E-state index in [4.69, 9.17) is 23.2 Å². The number of nitrogens with one attached hydrogen (secondary N) is 2. The highest BCUT2D eigenvalue weighted by molar-refractivity contribution is 9.11. The zero-order valence-electron chi connectivity index (χ0n) is 8.71. The van der Waals surface area contributed by atoms with Gasteiger partial charge in [0, 0.05) is 5.69 Å². The molecule has 0 aliphatic heterocycles. The van der Waals surface area contributed by atoms with Crippen LogP contribution in [-0.2, 0) is 0 Å². The number of hydrogen-bond acceptors (Lipinski definition) is 3. The summed E-state index contributed by atoms with van der Waals surface area (Å²) < 4.78 is 0.840. The summed E-state index contributed by atoms with van der Waals surface area (Å²) in [6, 6.07) is 4.45. The predicted molar refractivity (Wildman–Crippen MR) is 78.9 cm³/mol. The van der Waals surface area contributed by atoms with Crippen molar-refractivity contribution in [3.05, 3.63) is 38.2 Å². The zero-order chi connectivity index (χ0) is 13.1. The Hall–Kier alpha value is -0.820. The van der Waals surface area contributed by atoms with Gasteiger partial charge in [-0.05, 0) is 34.1 Å². The first-order valence-electron chi connectivity index (χ1n) is 4.69. The van der Waals surface area contributed by atoms with Crippen LogP contribution in [0.2, 0.25) is 10.0 Å². The quantitative estimate of drug-likeness (QED) is 0.797. The third kappa shape index (κ3) is 3.58. The van der Waals surface area contributed by atoms with Crippen molar-refractivity contribution in [3.8, 4) is 0 Å². The summed E-state index contributed by atoms with van der Waals surface area (Å²) in [6.45, 7) is 0. The lowest BCUT2D eigenvalue weighted by molar-refractivity contribution is 0.262. The number of anilines is 2. The van der Waals surface area contributed by atoms with Gasteiger partial charge in [0.2, 0.25) is 0 Å². The molecule has 0 aliphatic rings. The molecule has 0 saturated heterocycles. The molecule has 0 bridgehead atoms. The van der Waals surface area contributed by atoms with Crippen LogP contribution in [0, 0.1) is 0 Å². The lowest BCUT2D eigenvalue weighted by atomic mass is 10.3. The summed E-state index contributed by atoms with van der Waals surface area (Å²) in [6.07, 6.45) is 1.61. The maximum absolute atomic E-state index is 11.6. The second-order valence-corrected chi connectivity index (χ2v) is 6.40. The van der Waals surface area contributed by atoms with Crippen molar-refractivity contribution in [2.24, 2.45) is 0 Å². The molecule has 0 spiro atoms. The molecule has 8 heteroatoms. The number of urea groups is 1. The van der Waals surface area contributed by atoms with Gasteiger partial charge in [-0.15, -0.1) is 0 Å². The first-order chi connectivity index (χ1) is 8.54. The summed E-state index contributed by atoms with van der Waals surface area (Å²) in [4.78, 5) is 15.6. The van der Waals surface area contributed by atoms with Crippen LogP contribution in [0.1, 0.15) is 0 Å². The van der Waals surface area contributed by atoms with Crippen LogP contribution in [0.25, 0.3) is 0 Å². The Balaban J connectivity index is 2.00. The first-order valence-corrected chi connectivity index (χ1v) is 7.05.